The highest BCUT2D eigenvalue weighted by atomic mass is 35.5. The van der Waals surface area contributed by atoms with Crippen molar-refractivity contribution in [3.05, 3.63) is 52.1 Å². The second kappa shape index (κ2) is 6.22. The van der Waals surface area contributed by atoms with Crippen molar-refractivity contribution in [2.45, 2.75) is 18.9 Å². The largest absolute Gasteiger partial charge is 0.330 e. The van der Waals surface area contributed by atoms with E-state index < -0.39 is 0 Å². The average molecular weight is 344 g/mol. The molecule has 5 nitrogen and oxygen atoms in total. The van der Waals surface area contributed by atoms with Crippen LogP contribution in [0.1, 0.15) is 23.9 Å². The summed E-state index contributed by atoms with van der Waals surface area (Å²) in [6.45, 7) is 0.927. The highest BCUT2D eigenvalue weighted by molar-refractivity contribution is 7.09. The number of halogens is 1. The topological polar surface area (TPSA) is 54.8 Å². The highest BCUT2D eigenvalue weighted by Crippen LogP contribution is 2.35. The number of hydrogen-bond acceptors (Lipinski definition) is 6. The summed E-state index contributed by atoms with van der Waals surface area (Å²) in [5, 5.41) is 12.2. The lowest BCUT2D eigenvalue weighted by Crippen LogP contribution is -2.25. The van der Waals surface area contributed by atoms with Crippen LogP contribution in [-0.2, 0) is 0 Å². The van der Waals surface area contributed by atoms with Crippen LogP contribution >= 0.6 is 22.9 Å². The van der Waals surface area contributed by atoms with Crippen LogP contribution in [0.25, 0.3) is 11.3 Å². The second-order valence-electron chi connectivity index (χ2n) is 5.37. The van der Waals surface area contributed by atoms with E-state index in [9.17, 15) is 0 Å². The first-order chi connectivity index (χ1) is 11.3. The van der Waals surface area contributed by atoms with E-state index in [0.29, 0.717) is 11.0 Å². The lowest BCUT2D eigenvalue weighted by Gasteiger charge is -2.22. The van der Waals surface area contributed by atoms with Crippen molar-refractivity contribution >= 4 is 28.9 Å². The van der Waals surface area contributed by atoms with Crippen LogP contribution in [0.5, 0.6) is 0 Å². The summed E-state index contributed by atoms with van der Waals surface area (Å²) in [6.07, 6.45) is 5.71. The Kier molecular flexibility index (Phi) is 3.93. The van der Waals surface area contributed by atoms with Gasteiger partial charge in [-0.05, 0) is 25.0 Å². The Balaban J connectivity index is 1.67. The van der Waals surface area contributed by atoms with Gasteiger partial charge in [-0.15, -0.1) is 16.4 Å². The smallest absolute Gasteiger partial charge is 0.246 e. The molecule has 0 bridgehead atoms. The highest BCUT2D eigenvalue weighted by Gasteiger charge is 2.30. The van der Waals surface area contributed by atoms with Crippen LogP contribution in [0, 0.1) is 0 Å². The van der Waals surface area contributed by atoms with Crippen molar-refractivity contribution in [2.75, 3.05) is 11.4 Å². The molecule has 1 aromatic carbocycles. The maximum Gasteiger partial charge on any atom is 0.246 e. The number of nitrogens with zero attached hydrogens (tertiary/aromatic N) is 5. The number of aromatic nitrogens is 4. The van der Waals surface area contributed by atoms with Crippen molar-refractivity contribution in [1.29, 1.82) is 0 Å². The summed E-state index contributed by atoms with van der Waals surface area (Å²) in [4.78, 5) is 11.4. The third-order valence-electron chi connectivity index (χ3n) is 3.93. The number of thiazole rings is 1. The molecule has 1 aliphatic rings. The third kappa shape index (κ3) is 2.92. The maximum atomic E-state index is 5.95. The van der Waals surface area contributed by atoms with Crippen LogP contribution in [0.15, 0.2) is 42.0 Å². The molecule has 0 spiro atoms. The van der Waals surface area contributed by atoms with Crippen LogP contribution in [0.2, 0.25) is 5.02 Å². The molecule has 3 heterocycles. The molecule has 2 aromatic heterocycles. The predicted molar refractivity (Wildman–Crippen MR) is 91.7 cm³/mol. The van der Waals surface area contributed by atoms with Gasteiger partial charge in [-0.3, -0.25) is 0 Å². The second-order valence-corrected chi connectivity index (χ2v) is 6.73. The van der Waals surface area contributed by atoms with Gasteiger partial charge in [0.25, 0.3) is 0 Å². The quantitative estimate of drug-likeness (QED) is 0.719. The summed E-state index contributed by atoms with van der Waals surface area (Å²) in [5.74, 6) is 0.662. The molecule has 116 valence electrons. The zero-order valence-electron chi connectivity index (χ0n) is 12.3. The summed E-state index contributed by atoms with van der Waals surface area (Å²) in [7, 11) is 0. The molecule has 0 saturated carbocycles. The minimum Gasteiger partial charge on any atom is -0.330 e. The molecule has 4 rings (SSSR count). The lowest BCUT2D eigenvalue weighted by molar-refractivity contribution is 0.688. The minimum atomic E-state index is 0.247. The summed E-state index contributed by atoms with van der Waals surface area (Å²) < 4.78 is 0. The van der Waals surface area contributed by atoms with Crippen molar-refractivity contribution in [3.63, 3.8) is 0 Å². The number of rotatable bonds is 3. The predicted octanol–water partition coefficient (Wildman–Crippen LogP) is 3.99. The molecule has 1 atom stereocenters. The summed E-state index contributed by atoms with van der Waals surface area (Å²) in [5.41, 5.74) is 1.78. The van der Waals surface area contributed by atoms with E-state index in [1.807, 2.05) is 35.8 Å². The number of anilines is 1. The maximum absolute atomic E-state index is 5.95. The lowest BCUT2D eigenvalue weighted by atomic mass is 10.2. The molecule has 7 heteroatoms. The van der Waals surface area contributed by atoms with E-state index in [0.717, 1.165) is 35.7 Å². The molecule has 23 heavy (non-hydrogen) atoms. The SMILES string of the molecule is Clc1ccc(-c2cnnc(N3CCCC3c3nccs3)n2)cc1. The number of hydrogen-bond donors (Lipinski definition) is 0. The first kappa shape index (κ1) is 14.5. The van der Waals surface area contributed by atoms with Crippen molar-refractivity contribution in [1.82, 2.24) is 20.2 Å². The third-order valence-corrected chi connectivity index (χ3v) is 5.06. The van der Waals surface area contributed by atoms with Gasteiger partial charge < -0.3 is 4.90 Å². The molecule has 1 saturated heterocycles. The Morgan fingerprint density at radius 2 is 2.09 bits per heavy atom. The molecule has 0 N–H and O–H groups in total. The molecular formula is C16H14ClN5S. The Hall–Kier alpha value is -2.05. The first-order valence-electron chi connectivity index (χ1n) is 7.43. The van der Waals surface area contributed by atoms with E-state index in [-0.39, 0.29) is 6.04 Å². The van der Waals surface area contributed by atoms with E-state index in [1.54, 1.807) is 17.5 Å². The van der Waals surface area contributed by atoms with Crippen molar-refractivity contribution in [2.24, 2.45) is 0 Å². The van der Waals surface area contributed by atoms with Crippen molar-refractivity contribution < 1.29 is 0 Å². The van der Waals surface area contributed by atoms with Gasteiger partial charge >= 0.3 is 0 Å². The Labute approximate surface area is 143 Å². The molecule has 1 unspecified atom stereocenters. The fourth-order valence-corrected chi connectivity index (χ4v) is 3.75. The van der Waals surface area contributed by atoms with Crippen LogP contribution in [0.3, 0.4) is 0 Å². The molecule has 0 amide bonds. The molecule has 1 aliphatic heterocycles. The van der Waals surface area contributed by atoms with E-state index in [2.05, 4.69) is 20.1 Å². The van der Waals surface area contributed by atoms with E-state index >= 15 is 0 Å². The summed E-state index contributed by atoms with van der Waals surface area (Å²) in [6, 6.07) is 7.84. The standard InChI is InChI=1S/C16H14ClN5S/c17-12-5-3-11(4-6-12)13-10-19-21-16(20-13)22-8-1-2-14(22)15-18-7-9-23-15/h3-7,9-10,14H,1-2,8H2. The van der Waals surface area contributed by atoms with Gasteiger partial charge in [0, 0.05) is 28.7 Å². The van der Waals surface area contributed by atoms with E-state index in [4.69, 9.17) is 16.6 Å². The average Bonchev–Trinajstić information content (AvgIpc) is 3.27. The van der Waals surface area contributed by atoms with E-state index in [1.165, 1.54) is 0 Å². The summed E-state index contributed by atoms with van der Waals surface area (Å²) >= 11 is 7.63. The zero-order valence-corrected chi connectivity index (χ0v) is 13.8. The Bertz CT molecular complexity index is 790. The molecule has 1 fully saturated rings. The molecular weight excluding hydrogens is 330 g/mol. The van der Waals surface area contributed by atoms with Crippen LogP contribution in [-0.4, -0.2) is 26.7 Å². The van der Waals surface area contributed by atoms with Gasteiger partial charge in [-0.25, -0.2) is 9.97 Å². The van der Waals surface area contributed by atoms with Gasteiger partial charge in [0.15, 0.2) is 0 Å². The van der Waals surface area contributed by atoms with Gasteiger partial charge in [0.1, 0.15) is 5.01 Å². The van der Waals surface area contributed by atoms with Gasteiger partial charge in [-0.1, -0.05) is 23.7 Å². The monoisotopic (exact) mass is 343 g/mol. The van der Waals surface area contributed by atoms with Crippen LogP contribution in [0.4, 0.5) is 5.95 Å². The molecule has 0 radical (unpaired) electrons. The fraction of sp³-hybridized carbons (Fsp3) is 0.250. The zero-order chi connectivity index (χ0) is 15.6. The van der Waals surface area contributed by atoms with Gasteiger partial charge in [0.05, 0.1) is 17.9 Å². The fourth-order valence-electron chi connectivity index (χ4n) is 2.84. The molecule has 0 aliphatic carbocycles. The normalized spacial score (nSPS) is 17.6. The Morgan fingerprint density at radius 3 is 2.87 bits per heavy atom. The van der Waals surface area contributed by atoms with Crippen LogP contribution < -0.4 is 4.90 Å². The molecule has 3 aromatic rings. The van der Waals surface area contributed by atoms with Gasteiger partial charge in [0.2, 0.25) is 5.95 Å². The van der Waals surface area contributed by atoms with Gasteiger partial charge in [-0.2, -0.15) is 5.10 Å². The Morgan fingerprint density at radius 1 is 1.22 bits per heavy atom. The number of benzene rings is 1. The first-order valence-corrected chi connectivity index (χ1v) is 8.69. The van der Waals surface area contributed by atoms with Crippen molar-refractivity contribution in [3.8, 4) is 11.3 Å². The minimum absolute atomic E-state index is 0.247.